The third-order valence-electron chi connectivity index (χ3n) is 5.30. The van der Waals surface area contributed by atoms with Crippen LogP contribution in [0.3, 0.4) is 0 Å². The van der Waals surface area contributed by atoms with E-state index in [-0.39, 0.29) is 0 Å². The predicted octanol–water partition coefficient (Wildman–Crippen LogP) is 6.66. The number of halogens is 1. The van der Waals surface area contributed by atoms with E-state index in [0.29, 0.717) is 0 Å². The minimum atomic E-state index is 0.763. The number of nitrogens with zero attached hydrogens (tertiary/aromatic N) is 2. The standard InChI is InChI=1S/C24H23ClN2OS/c1-16-17(2)27(14-18-6-10-21(28-3)11-7-18)23-22(16)12-13-26-24(23)29-15-19-4-8-20(25)9-5-19/h4-13H,14-15H2,1-3H3. The third-order valence-corrected chi connectivity index (χ3v) is 6.60. The Morgan fingerprint density at radius 3 is 2.34 bits per heavy atom. The minimum Gasteiger partial charge on any atom is -0.497 e. The van der Waals surface area contributed by atoms with E-state index in [1.165, 1.54) is 33.3 Å². The molecule has 0 amide bonds. The molecule has 0 unspecified atom stereocenters. The second kappa shape index (κ2) is 8.52. The number of fused-ring (bicyclic) bond motifs is 1. The summed E-state index contributed by atoms with van der Waals surface area (Å²) in [6, 6.07) is 18.4. The largest absolute Gasteiger partial charge is 0.497 e. The van der Waals surface area contributed by atoms with Gasteiger partial charge in [-0.25, -0.2) is 4.98 Å². The molecular weight excluding hydrogens is 400 g/mol. The zero-order valence-corrected chi connectivity index (χ0v) is 18.3. The molecular formula is C24H23ClN2OS. The number of hydrogen-bond donors (Lipinski definition) is 0. The fraction of sp³-hybridized carbons (Fsp3) is 0.208. The first-order valence-electron chi connectivity index (χ1n) is 9.51. The Morgan fingerprint density at radius 1 is 0.966 bits per heavy atom. The molecule has 0 N–H and O–H groups in total. The first-order valence-corrected chi connectivity index (χ1v) is 10.9. The first-order chi connectivity index (χ1) is 14.1. The van der Waals surface area contributed by atoms with E-state index in [9.17, 15) is 0 Å². The molecule has 0 aliphatic rings. The summed E-state index contributed by atoms with van der Waals surface area (Å²) in [5, 5.41) is 3.09. The Labute approximate surface area is 180 Å². The number of aromatic nitrogens is 2. The maximum Gasteiger partial charge on any atom is 0.121 e. The fourth-order valence-electron chi connectivity index (χ4n) is 3.51. The van der Waals surface area contributed by atoms with Crippen LogP contribution in [-0.2, 0) is 12.3 Å². The van der Waals surface area contributed by atoms with Gasteiger partial charge in [-0.1, -0.05) is 47.6 Å². The molecule has 0 atom stereocenters. The molecule has 4 aromatic rings. The van der Waals surface area contributed by atoms with Crippen molar-refractivity contribution in [1.29, 1.82) is 0 Å². The lowest BCUT2D eigenvalue weighted by Gasteiger charge is -2.12. The van der Waals surface area contributed by atoms with Crippen molar-refractivity contribution in [3.63, 3.8) is 0 Å². The Bertz CT molecular complexity index is 1130. The summed E-state index contributed by atoms with van der Waals surface area (Å²) in [6.07, 6.45) is 1.91. The molecule has 0 saturated carbocycles. The topological polar surface area (TPSA) is 27.1 Å². The van der Waals surface area contributed by atoms with Crippen LogP contribution in [0.25, 0.3) is 10.9 Å². The van der Waals surface area contributed by atoms with E-state index in [2.05, 4.69) is 48.7 Å². The summed E-state index contributed by atoms with van der Waals surface area (Å²) >= 11 is 7.78. The average molecular weight is 423 g/mol. The summed E-state index contributed by atoms with van der Waals surface area (Å²) in [5.41, 5.74) is 6.27. The zero-order chi connectivity index (χ0) is 20.4. The summed E-state index contributed by atoms with van der Waals surface area (Å²) in [5.74, 6) is 1.73. The van der Waals surface area contributed by atoms with Gasteiger partial charge in [0.1, 0.15) is 10.8 Å². The number of methoxy groups -OCH3 is 1. The number of ether oxygens (including phenoxy) is 1. The molecule has 0 saturated heterocycles. The van der Waals surface area contributed by atoms with E-state index in [1.54, 1.807) is 18.9 Å². The molecule has 0 bridgehead atoms. The van der Waals surface area contributed by atoms with Crippen LogP contribution in [0, 0.1) is 13.8 Å². The molecule has 2 heterocycles. The van der Waals surface area contributed by atoms with Gasteiger partial charge in [0.2, 0.25) is 0 Å². The van der Waals surface area contributed by atoms with E-state index in [0.717, 1.165) is 28.1 Å². The van der Waals surface area contributed by atoms with Crippen LogP contribution in [0.1, 0.15) is 22.4 Å². The molecule has 3 nitrogen and oxygen atoms in total. The molecule has 0 aliphatic carbocycles. The van der Waals surface area contributed by atoms with Gasteiger partial charge >= 0.3 is 0 Å². The summed E-state index contributed by atoms with van der Waals surface area (Å²) in [7, 11) is 1.69. The third kappa shape index (κ3) is 4.14. The van der Waals surface area contributed by atoms with Crippen LogP contribution in [0.2, 0.25) is 5.02 Å². The highest BCUT2D eigenvalue weighted by Crippen LogP contribution is 2.34. The first kappa shape index (κ1) is 19.9. The smallest absolute Gasteiger partial charge is 0.121 e. The molecule has 148 valence electrons. The lowest BCUT2D eigenvalue weighted by atomic mass is 10.2. The van der Waals surface area contributed by atoms with Crippen LogP contribution in [0.4, 0.5) is 0 Å². The lowest BCUT2D eigenvalue weighted by molar-refractivity contribution is 0.414. The van der Waals surface area contributed by atoms with Crippen LogP contribution in [0.15, 0.2) is 65.8 Å². The monoisotopic (exact) mass is 422 g/mol. The van der Waals surface area contributed by atoms with Gasteiger partial charge in [-0.2, -0.15) is 0 Å². The fourth-order valence-corrected chi connectivity index (χ4v) is 4.63. The number of benzene rings is 2. The highest BCUT2D eigenvalue weighted by molar-refractivity contribution is 7.98. The van der Waals surface area contributed by atoms with Crippen LogP contribution < -0.4 is 4.74 Å². The van der Waals surface area contributed by atoms with Crippen molar-refractivity contribution >= 4 is 34.3 Å². The van der Waals surface area contributed by atoms with Gasteiger partial charge in [-0.15, -0.1) is 0 Å². The number of aryl methyl sites for hydroxylation is 1. The van der Waals surface area contributed by atoms with Crippen LogP contribution in [0.5, 0.6) is 5.75 Å². The molecule has 5 heteroatoms. The highest BCUT2D eigenvalue weighted by atomic mass is 35.5. The molecule has 2 aromatic carbocycles. The number of hydrogen-bond acceptors (Lipinski definition) is 3. The predicted molar refractivity (Wildman–Crippen MR) is 122 cm³/mol. The maximum absolute atomic E-state index is 6.01. The molecule has 0 aliphatic heterocycles. The number of pyridine rings is 1. The average Bonchev–Trinajstić information content (AvgIpc) is 2.99. The van der Waals surface area contributed by atoms with E-state index < -0.39 is 0 Å². The van der Waals surface area contributed by atoms with Crippen molar-refractivity contribution in [2.45, 2.75) is 31.2 Å². The van der Waals surface area contributed by atoms with Gasteiger partial charge in [0.05, 0.1) is 12.6 Å². The summed E-state index contributed by atoms with van der Waals surface area (Å²) in [6.45, 7) is 5.18. The Balaban J connectivity index is 1.69. The van der Waals surface area contributed by atoms with Gasteiger partial charge in [-0.3, -0.25) is 0 Å². The van der Waals surface area contributed by atoms with Crippen molar-refractivity contribution < 1.29 is 4.74 Å². The molecule has 0 spiro atoms. The quantitative estimate of drug-likeness (QED) is 0.325. The van der Waals surface area contributed by atoms with Crippen LogP contribution in [-0.4, -0.2) is 16.7 Å². The van der Waals surface area contributed by atoms with Gasteiger partial charge in [0.15, 0.2) is 0 Å². The van der Waals surface area contributed by atoms with Crippen LogP contribution >= 0.6 is 23.4 Å². The summed E-state index contributed by atoms with van der Waals surface area (Å²) < 4.78 is 7.67. The maximum atomic E-state index is 6.01. The van der Waals surface area contributed by atoms with Crippen molar-refractivity contribution in [2.24, 2.45) is 0 Å². The van der Waals surface area contributed by atoms with Crippen molar-refractivity contribution in [1.82, 2.24) is 9.55 Å². The molecule has 0 radical (unpaired) electrons. The molecule has 29 heavy (non-hydrogen) atoms. The van der Waals surface area contributed by atoms with Gasteiger partial charge in [0, 0.05) is 34.6 Å². The van der Waals surface area contributed by atoms with E-state index in [4.69, 9.17) is 21.3 Å². The molecule has 4 rings (SSSR count). The molecule has 2 aromatic heterocycles. The Morgan fingerprint density at radius 2 is 1.66 bits per heavy atom. The normalized spacial score (nSPS) is 11.2. The van der Waals surface area contributed by atoms with E-state index in [1.807, 2.05) is 30.5 Å². The highest BCUT2D eigenvalue weighted by Gasteiger charge is 2.16. The van der Waals surface area contributed by atoms with Crippen molar-refractivity contribution in [3.8, 4) is 5.75 Å². The Hall–Kier alpha value is -2.43. The van der Waals surface area contributed by atoms with Crippen molar-refractivity contribution in [3.05, 3.63) is 88.2 Å². The van der Waals surface area contributed by atoms with Gasteiger partial charge in [-0.05, 0) is 60.9 Å². The van der Waals surface area contributed by atoms with E-state index >= 15 is 0 Å². The number of thioether (sulfide) groups is 1. The van der Waals surface area contributed by atoms with Crippen molar-refractivity contribution in [2.75, 3.05) is 7.11 Å². The summed E-state index contributed by atoms with van der Waals surface area (Å²) in [4.78, 5) is 4.72. The SMILES string of the molecule is COc1ccc(Cn2c(C)c(C)c3ccnc(SCc4ccc(Cl)cc4)c32)cc1. The lowest BCUT2D eigenvalue weighted by Crippen LogP contribution is -2.03. The second-order valence-corrected chi connectivity index (χ2v) is 8.47. The number of rotatable bonds is 6. The minimum absolute atomic E-state index is 0.763. The Kier molecular flexibility index (Phi) is 5.84. The van der Waals surface area contributed by atoms with Gasteiger partial charge in [0.25, 0.3) is 0 Å². The molecule has 0 fully saturated rings. The van der Waals surface area contributed by atoms with Gasteiger partial charge < -0.3 is 9.30 Å². The second-order valence-electron chi connectivity index (χ2n) is 7.07. The zero-order valence-electron chi connectivity index (χ0n) is 16.8.